The van der Waals surface area contributed by atoms with E-state index in [9.17, 15) is 4.79 Å². The van der Waals surface area contributed by atoms with E-state index in [0.29, 0.717) is 11.3 Å². The summed E-state index contributed by atoms with van der Waals surface area (Å²) >= 11 is 0. The largest absolute Gasteiger partial charge is 0.392 e. The molecule has 0 fully saturated rings. The molecule has 1 unspecified atom stereocenters. The van der Waals surface area contributed by atoms with Crippen LogP contribution >= 0.6 is 0 Å². The highest BCUT2D eigenvalue weighted by molar-refractivity contribution is 5.95. The van der Waals surface area contributed by atoms with E-state index >= 15 is 0 Å². The lowest BCUT2D eigenvalue weighted by Crippen LogP contribution is -2.27. The monoisotopic (exact) mass is 260 g/mol. The van der Waals surface area contributed by atoms with Crippen molar-refractivity contribution in [1.29, 1.82) is 0 Å². The van der Waals surface area contributed by atoms with Crippen LogP contribution < -0.4 is 11.1 Å². The maximum atomic E-state index is 12.0. The van der Waals surface area contributed by atoms with Gasteiger partial charge in [-0.25, -0.2) is 0 Å². The third-order valence-corrected chi connectivity index (χ3v) is 2.74. The van der Waals surface area contributed by atoms with Crippen molar-refractivity contribution in [1.82, 2.24) is 9.78 Å². The van der Waals surface area contributed by atoms with Crippen LogP contribution in [-0.2, 0) is 18.4 Å². The van der Waals surface area contributed by atoms with E-state index in [1.807, 2.05) is 0 Å². The molecular weight excluding hydrogens is 244 g/mol. The van der Waals surface area contributed by atoms with Crippen LogP contribution in [0.25, 0.3) is 0 Å². The lowest BCUT2D eigenvalue weighted by atomic mass is 10.1. The number of aliphatic hydroxyl groups is 1. The third kappa shape index (κ3) is 3.18. The lowest BCUT2D eigenvalue weighted by Gasteiger charge is -2.11. The molecule has 0 aliphatic rings. The van der Waals surface area contributed by atoms with Crippen LogP contribution in [0.5, 0.6) is 0 Å². The summed E-state index contributed by atoms with van der Waals surface area (Å²) < 4.78 is 1.59. The number of hydrogen-bond donors (Lipinski definition) is 3. The van der Waals surface area contributed by atoms with Gasteiger partial charge in [-0.15, -0.1) is 0 Å². The SMILES string of the molecule is Cn1cc(C(N)C(=O)Nc2cccc(CO)c2)cn1. The highest BCUT2D eigenvalue weighted by Crippen LogP contribution is 2.14. The van der Waals surface area contributed by atoms with Crippen molar-refractivity contribution in [3.8, 4) is 0 Å². The van der Waals surface area contributed by atoms with E-state index in [-0.39, 0.29) is 12.5 Å². The molecule has 0 aliphatic carbocycles. The molecule has 2 rings (SSSR count). The summed E-state index contributed by atoms with van der Waals surface area (Å²) in [5, 5.41) is 15.7. The van der Waals surface area contributed by atoms with Crippen LogP contribution in [-0.4, -0.2) is 20.8 Å². The highest BCUT2D eigenvalue weighted by Gasteiger charge is 2.17. The van der Waals surface area contributed by atoms with Gasteiger partial charge in [-0.05, 0) is 17.7 Å². The number of amides is 1. The number of rotatable bonds is 4. The Hall–Kier alpha value is -2.18. The number of nitrogens with two attached hydrogens (primary N) is 1. The summed E-state index contributed by atoms with van der Waals surface area (Å²) in [4.78, 5) is 12.0. The molecule has 2 aromatic rings. The Labute approximate surface area is 110 Å². The lowest BCUT2D eigenvalue weighted by molar-refractivity contribution is -0.117. The maximum Gasteiger partial charge on any atom is 0.246 e. The molecule has 1 amide bonds. The molecule has 1 heterocycles. The second kappa shape index (κ2) is 5.64. The second-order valence-corrected chi connectivity index (χ2v) is 4.27. The fourth-order valence-electron chi connectivity index (χ4n) is 1.72. The minimum absolute atomic E-state index is 0.0711. The van der Waals surface area contributed by atoms with Crippen LogP contribution in [0.4, 0.5) is 5.69 Å². The molecule has 1 aromatic heterocycles. The van der Waals surface area contributed by atoms with Crippen LogP contribution in [0.2, 0.25) is 0 Å². The average Bonchev–Trinajstić information content (AvgIpc) is 2.84. The molecule has 1 atom stereocenters. The van der Waals surface area contributed by atoms with Crippen molar-refractivity contribution in [2.24, 2.45) is 12.8 Å². The van der Waals surface area contributed by atoms with E-state index in [1.54, 1.807) is 48.4 Å². The number of benzene rings is 1. The fourth-order valence-corrected chi connectivity index (χ4v) is 1.72. The first-order valence-corrected chi connectivity index (χ1v) is 5.85. The predicted octanol–water partition coefficient (Wildman–Crippen LogP) is 0.551. The summed E-state index contributed by atoms with van der Waals surface area (Å²) in [6.07, 6.45) is 3.27. The normalized spacial score (nSPS) is 12.2. The molecule has 19 heavy (non-hydrogen) atoms. The summed E-state index contributed by atoms with van der Waals surface area (Å²) in [6.45, 7) is -0.0711. The highest BCUT2D eigenvalue weighted by atomic mass is 16.3. The fraction of sp³-hybridized carbons (Fsp3) is 0.231. The van der Waals surface area contributed by atoms with Gasteiger partial charge in [0.2, 0.25) is 5.91 Å². The number of nitrogens with zero attached hydrogens (tertiary/aromatic N) is 2. The van der Waals surface area contributed by atoms with Gasteiger partial charge in [0.05, 0.1) is 12.8 Å². The van der Waals surface area contributed by atoms with Crippen LogP contribution in [0.1, 0.15) is 17.2 Å². The summed E-state index contributed by atoms with van der Waals surface area (Å²) in [7, 11) is 1.76. The van der Waals surface area contributed by atoms with Crippen molar-refractivity contribution in [3.05, 3.63) is 47.8 Å². The molecule has 100 valence electrons. The van der Waals surface area contributed by atoms with Crippen molar-refractivity contribution in [3.63, 3.8) is 0 Å². The van der Waals surface area contributed by atoms with Crippen LogP contribution in [0, 0.1) is 0 Å². The minimum Gasteiger partial charge on any atom is -0.392 e. The quantitative estimate of drug-likeness (QED) is 0.748. The third-order valence-electron chi connectivity index (χ3n) is 2.74. The maximum absolute atomic E-state index is 12.0. The molecule has 0 aliphatic heterocycles. The molecule has 0 radical (unpaired) electrons. The van der Waals surface area contributed by atoms with Gasteiger partial charge in [0.25, 0.3) is 0 Å². The summed E-state index contributed by atoms with van der Waals surface area (Å²) in [6, 6.07) is 6.21. The topological polar surface area (TPSA) is 93.2 Å². The van der Waals surface area contributed by atoms with E-state index in [1.165, 1.54) is 0 Å². The number of anilines is 1. The first-order chi connectivity index (χ1) is 9.10. The van der Waals surface area contributed by atoms with Crippen molar-refractivity contribution < 1.29 is 9.90 Å². The Morgan fingerprint density at radius 1 is 1.58 bits per heavy atom. The molecule has 6 nitrogen and oxygen atoms in total. The molecule has 0 saturated heterocycles. The van der Waals surface area contributed by atoms with Gasteiger partial charge < -0.3 is 16.2 Å². The summed E-state index contributed by atoms with van der Waals surface area (Å²) in [5.74, 6) is -0.317. The Kier molecular flexibility index (Phi) is 3.94. The Bertz CT molecular complexity index is 580. The Morgan fingerprint density at radius 2 is 2.37 bits per heavy atom. The van der Waals surface area contributed by atoms with Gasteiger partial charge in [-0.3, -0.25) is 9.48 Å². The standard InChI is InChI=1S/C13H16N4O2/c1-17-7-10(6-15-17)12(14)13(19)16-11-4-2-3-9(5-11)8-18/h2-7,12,18H,8,14H2,1H3,(H,16,19). The van der Waals surface area contributed by atoms with E-state index in [4.69, 9.17) is 10.8 Å². The average molecular weight is 260 g/mol. The second-order valence-electron chi connectivity index (χ2n) is 4.27. The molecule has 4 N–H and O–H groups in total. The van der Waals surface area contributed by atoms with E-state index in [2.05, 4.69) is 10.4 Å². The van der Waals surface area contributed by atoms with Gasteiger partial charge in [-0.2, -0.15) is 5.10 Å². The van der Waals surface area contributed by atoms with Gasteiger partial charge in [0, 0.05) is 24.5 Å². The van der Waals surface area contributed by atoms with Crippen molar-refractivity contribution in [2.75, 3.05) is 5.32 Å². The van der Waals surface area contributed by atoms with Gasteiger partial charge in [0.1, 0.15) is 6.04 Å². The first kappa shape index (κ1) is 13.3. The Morgan fingerprint density at radius 3 is 3.00 bits per heavy atom. The number of aryl methyl sites for hydroxylation is 1. The smallest absolute Gasteiger partial charge is 0.246 e. The molecule has 0 bridgehead atoms. The predicted molar refractivity (Wildman–Crippen MR) is 71.1 cm³/mol. The van der Waals surface area contributed by atoms with Crippen molar-refractivity contribution >= 4 is 11.6 Å². The van der Waals surface area contributed by atoms with Crippen LogP contribution in [0.15, 0.2) is 36.7 Å². The molecule has 1 aromatic carbocycles. The molecule has 6 heteroatoms. The number of hydrogen-bond acceptors (Lipinski definition) is 4. The number of carbonyl (C=O) groups excluding carboxylic acids is 1. The van der Waals surface area contributed by atoms with E-state index < -0.39 is 6.04 Å². The van der Waals surface area contributed by atoms with E-state index in [0.717, 1.165) is 5.56 Å². The minimum atomic E-state index is -0.772. The number of carbonyl (C=O) groups is 1. The van der Waals surface area contributed by atoms with Gasteiger partial charge >= 0.3 is 0 Å². The first-order valence-electron chi connectivity index (χ1n) is 5.85. The van der Waals surface area contributed by atoms with Crippen molar-refractivity contribution in [2.45, 2.75) is 12.6 Å². The molecule has 0 saturated carbocycles. The zero-order valence-corrected chi connectivity index (χ0v) is 10.6. The number of nitrogens with one attached hydrogen (secondary N) is 1. The number of aromatic nitrogens is 2. The zero-order chi connectivity index (χ0) is 13.8. The van der Waals surface area contributed by atoms with Gasteiger partial charge in [0.15, 0.2) is 0 Å². The van der Waals surface area contributed by atoms with Gasteiger partial charge in [-0.1, -0.05) is 12.1 Å². The zero-order valence-electron chi connectivity index (χ0n) is 10.6. The molecule has 0 spiro atoms. The molecular formula is C13H16N4O2. The Balaban J connectivity index is 2.08. The summed E-state index contributed by atoms with van der Waals surface area (Å²) in [5.41, 5.74) is 7.84. The van der Waals surface area contributed by atoms with Crippen LogP contribution in [0.3, 0.4) is 0 Å². The number of aliphatic hydroxyl groups excluding tert-OH is 1.